The minimum Gasteiger partial charge on any atom is -0.488 e. The molecule has 0 radical (unpaired) electrons. The monoisotopic (exact) mass is 590 g/mol. The molecule has 3 aromatic heterocycles. The lowest BCUT2D eigenvalue weighted by atomic mass is 9.81. The number of aromatic nitrogens is 4. The normalized spacial score (nSPS) is 18.5. The van der Waals surface area contributed by atoms with Crippen molar-refractivity contribution >= 4 is 17.5 Å². The van der Waals surface area contributed by atoms with Crippen LogP contribution in [0.25, 0.3) is 5.65 Å². The number of nitrogens with one attached hydrogen (secondary N) is 2. The Balaban J connectivity index is 1.41. The number of imidazole rings is 1. The number of amides is 2. The van der Waals surface area contributed by atoms with Crippen molar-refractivity contribution in [2.45, 2.75) is 82.7 Å². The molecule has 2 aliphatic carbocycles. The molecular weight excluding hydrogens is 556 g/mol. The summed E-state index contributed by atoms with van der Waals surface area (Å²) in [6.45, 7) is 1.12. The molecule has 226 valence electrons. The molecule has 0 spiro atoms. The summed E-state index contributed by atoms with van der Waals surface area (Å²) in [5.74, 6) is -3.34. The first kappa shape index (κ1) is 29.7. The molecular formula is C29H34F4N6O3. The number of rotatable bonds is 12. The number of halogens is 4. The first-order valence-electron chi connectivity index (χ1n) is 14.3. The van der Waals surface area contributed by atoms with E-state index in [4.69, 9.17) is 9.72 Å². The van der Waals surface area contributed by atoms with Gasteiger partial charge in [-0.2, -0.15) is 5.10 Å². The maximum Gasteiger partial charge on any atom is 0.272 e. The Kier molecular flexibility index (Phi) is 8.93. The van der Waals surface area contributed by atoms with Crippen molar-refractivity contribution in [2.24, 2.45) is 11.8 Å². The first-order valence-corrected chi connectivity index (χ1v) is 14.3. The third kappa shape index (κ3) is 7.35. The molecule has 0 aromatic carbocycles. The van der Waals surface area contributed by atoms with E-state index >= 15 is 0 Å². The average molecular weight is 591 g/mol. The molecule has 2 N–H and O–H groups in total. The summed E-state index contributed by atoms with van der Waals surface area (Å²) in [6.07, 6.45) is 4.85. The summed E-state index contributed by atoms with van der Waals surface area (Å²) in [5.41, 5.74) is 1.71. The van der Waals surface area contributed by atoms with Gasteiger partial charge in [-0.25, -0.2) is 27.1 Å². The van der Waals surface area contributed by atoms with Gasteiger partial charge >= 0.3 is 0 Å². The number of carbonyl (C=O) groups is 2. The third-order valence-electron chi connectivity index (χ3n) is 7.78. The number of hydrogen-bond donors (Lipinski definition) is 2. The molecule has 2 saturated carbocycles. The lowest BCUT2D eigenvalue weighted by Gasteiger charge is -2.33. The van der Waals surface area contributed by atoms with Gasteiger partial charge in [0.2, 0.25) is 11.8 Å². The second-order valence-electron chi connectivity index (χ2n) is 11.1. The second-order valence-corrected chi connectivity index (χ2v) is 11.1. The van der Waals surface area contributed by atoms with Crippen LogP contribution in [0.1, 0.15) is 92.1 Å². The maximum atomic E-state index is 14.0. The van der Waals surface area contributed by atoms with E-state index in [1.165, 1.54) is 18.3 Å². The summed E-state index contributed by atoms with van der Waals surface area (Å²) in [6, 6.07) is 3.57. The van der Waals surface area contributed by atoms with Gasteiger partial charge in [-0.3, -0.25) is 14.6 Å². The molecule has 0 saturated heterocycles. The fourth-order valence-corrected chi connectivity index (χ4v) is 5.43. The summed E-state index contributed by atoms with van der Waals surface area (Å²) < 4.78 is 59.8. The Morgan fingerprint density at radius 1 is 1.10 bits per heavy atom. The lowest BCUT2D eigenvalue weighted by molar-refractivity contribution is -0.122. The summed E-state index contributed by atoms with van der Waals surface area (Å²) in [7, 11) is 0. The fraction of sp³-hybridized carbons (Fsp3) is 0.552. The van der Waals surface area contributed by atoms with Crippen molar-refractivity contribution in [2.75, 3.05) is 6.61 Å². The molecule has 0 bridgehead atoms. The number of ether oxygens (including phenoxy) is 1. The van der Waals surface area contributed by atoms with Gasteiger partial charge in [-0.15, -0.1) is 0 Å². The molecule has 0 unspecified atom stereocenters. The van der Waals surface area contributed by atoms with Crippen molar-refractivity contribution in [3.63, 3.8) is 0 Å². The van der Waals surface area contributed by atoms with E-state index in [0.717, 1.165) is 24.8 Å². The largest absolute Gasteiger partial charge is 0.488 e. The minimum atomic E-state index is -2.77. The van der Waals surface area contributed by atoms with Gasteiger partial charge in [0.15, 0.2) is 5.65 Å². The highest BCUT2D eigenvalue weighted by atomic mass is 19.3. The molecule has 13 heteroatoms. The predicted octanol–water partition coefficient (Wildman–Crippen LogP) is 5.43. The van der Waals surface area contributed by atoms with Gasteiger partial charge in [0.25, 0.3) is 12.3 Å². The minimum absolute atomic E-state index is 0.0209. The van der Waals surface area contributed by atoms with Crippen molar-refractivity contribution in [3.05, 3.63) is 53.7 Å². The Bertz CT molecular complexity index is 1400. The van der Waals surface area contributed by atoms with Gasteiger partial charge in [-0.05, 0) is 61.6 Å². The number of fused-ring (bicyclic) bond motifs is 1. The number of pyridine rings is 1. The highest BCUT2D eigenvalue weighted by Crippen LogP contribution is 2.42. The van der Waals surface area contributed by atoms with E-state index in [-0.39, 0.29) is 55.0 Å². The Labute approximate surface area is 240 Å². The summed E-state index contributed by atoms with van der Waals surface area (Å²) in [5, 5.41) is 10.5. The highest BCUT2D eigenvalue weighted by Gasteiger charge is 2.40. The fourth-order valence-electron chi connectivity index (χ4n) is 5.43. The standard InChI is InChI=1S/C29H34F4N6O3/c1-2-3-25(40)37-26(17-4-5-17)19-12-24-36-22(15-39(24)35-14-19)27(18-6-9-29(32,33)10-7-18)38-28(41)21-13-20(8-11-34-21)42-16-23(30)31/h8,11-15,17-18,23,26-27H,2-7,9-10,16H2,1H3,(H,37,40)(H,38,41)/t26-,27+/m1/s1. The zero-order valence-electron chi connectivity index (χ0n) is 23.2. The zero-order chi connectivity index (χ0) is 29.9. The van der Waals surface area contributed by atoms with Gasteiger partial charge < -0.3 is 15.4 Å². The highest BCUT2D eigenvalue weighted by molar-refractivity contribution is 5.92. The van der Waals surface area contributed by atoms with Crippen molar-refractivity contribution in [3.8, 4) is 5.75 Å². The Morgan fingerprint density at radius 2 is 1.83 bits per heavy atom. The smallest absolute Gasteiger partial charge is 0.272 e. The van der Waals surface area contributed by atoms with Crippen molar-refractivity contribution in [1.29, 1.82) is 0 Å². The van der Waals surface area contributed by atoms with Gasteiger partial charge in [-0.1, -0.05) is 6.92 Å². The molecule has 3 aromatic rings. The van der Waals surface area contributed by atoms with E-state index in [1.807, 2.05) is 13.0 Å². The topological polar surface area (TPSA) is 111 Å². The van der Waals surface area contributed by atoms with E-state index in [0.29, 0.717) is 23.7 Å². The lowest BCUT2D eigenvalue weighted by Crippen LogP contribution is -2.37. The van der Waals surface area contributed by atoms with Gasteiger partial charge in [0, 0.05) is 31.5 Å². The molecule has 5 rings (SSSR count). The van der Waals surface area contributed by atoms with E-state index in [1.54, 1.807) is 16.9 Å². The molecule has 9 nitrogen and oxygen atoms in total. The van der Waals surface area contributed by atoms with E-state index < -0.39 is 30.9 Å². The Hall–Kier alpha value is -3.77. The van der Waals surface area contributed by atoms with Crippen LogP contribution in [0.15, 0.2) is 36.8 Å². The van der Waals surface area contributed by atoms with Crippen molar-refractivity contribution in [1.82, 2.24) is 30.2 Å². The SMILES string of the molecule is CCCC(=O)N[C@@H](c1cnn2cc([C@@H](NC(=O)c3cc(OCC(F)F)ccn3)C3CCC(F)(F)CC3)nc2c1)C1CC1. The molecule has 2 aliphatic rings. The van der Waals surface area contributed by atoms with Crippen LogP contribution in [0.3, 0.4) is 0 Å². The van der Waals surface area contributed by atoms with Gasteiger partial charge in [0.05, 0.1) is 30.2 Å². The van der Waals surface area contributed by atoms with Crippen LogP contribution in [0.4, 0.5) is 17.6 Å². The maximum absolute atomic E-state index is 14.0. The zero-order valence-corrected chi connectivity index (χ0v) is 23.2. The first-order chi connectivity index (χ1) is 20.1. The van der Waals surface area contributed by atoms with E-state index in [2.05, 4.69) is 20.7 Å². The van der Waals surface area contributed by atoms with Gasteiger partial charge in [0.1, 0.15) is 18.1 Å². The second kappa shape index (κ2) is 12.6. The van der Waals surface area contributed by atoms with Crippen LogP contribution in [0.5, 0.6) is 5.75 Å². The van der Waals surface area contributed by atoms with Crippen molar-refractivity contribution < 1.29 is 31.9 Å². The van der Waals surface area contributed by atoms with E-state index in [9.17, 15) is 27.2 Å². The third-order valence-corrected chi connectivity index (χ3v) is 7.78. The van der Waals surface area contributed by atoms with Crippen LogP contribution in [-0.2, 0) is 4.79 Å². The molecule has 3 heterocycles. The van der Waals surface area contributed by atoms with Crippen LogP contribution < -0.4 is 15.4 Å². The predicted molar refractivity (Wildman–Crippen MR) is 144 cm³/mol. The van der Waals surface area contributed by atoms with Crippen LogP contribution in [0.2, 0.25) is 0 Å². The molecule has 2 atom stereocenters. The van der Waals surface area contributed by atoms with Crippen LogP contribution >= 0.6 is 0 Å². The molecule has 2 amide bonds. The summed E-state index contributed by atoms with van der Waals surface area (Å²) in [4.78, 5) is 34.4. The van der Waals surface area contributed by atoms with Crippen LogP contribution in [-0.4, -0.2) is 50.4 Å². The van der Waals surface area contributed by atoms with Crippen LogP contribution in [0, 0.1) is 11.8 Å². The number of carbonyl (C=O) groups excluding carboxylic acids is 2. The average Bonchev–Trinajstić information content (AvgIpc) is 3.71. The number of nitrogens with zero attached hydrogens (tertiary/aromatic N) is 4. The molecule has 0 aliphatic heterocycles. The number of hydrogen-bond acceptors (Lipinski definition) is 6. The number of alkyl halides is 4. The summed E-state index contributed by atoms with van der Waals surface area (Å²) >= 11 is 0. The molecule has 2 fully saturated rings. The molecule has 42 heavy (non-hydrogen) atoms. The Morgan fingerprint density at radius 3 is 2.52 bits per heavy atom. The quantitative estimate of drug-likeness (QED) is 0.272.